The SMILES string of the molecule is OCOc1ccc(Cc2ccccc2)cc1C1CC(O)C[C@@H](CO)O1. The van der Waals surface area contributed by atoms with Crippen molar-refractivity contribution in [2.24, 2.45) is 0 Å². The fourth-order valence-corrected chi connectivity index (χ4v) is 3.30. The van der Waals surface area contributed by atoms with Crippen LogP contribution in [-0.4, -0.2) is 40.9 Å². The first-order valence-electron chi connectivity index (χ1n) is 8.54. The van der Waals surface area contributed by atoms with E-state index in [9.17, 15) is 10.2 Å². The Morgan fingerprint density at radius 1 is 1.00 bits per heavy atom. The third-order valence-corrected chi connectivity index (χ3v) is 4.47. The summed E-state index contributed by atoms with van der Waals surface area (Å²) in [6, 6.07) is 15.9. The molecular formula is C20H24O5. The number of benzene rings is 2. The maximum Gasteiger partial charge on any atom is 0.186 e. The minimum atomic E-state index is -0.532. The van der Waals surface area contributed by atoms with Gasteiger partial charge in [-0.2, -0.15) is 0 Å². The molecule has 2 aromatic rings. The van der Waals surface area contributed by atoms with Gasteiger partial charge >= 0.3 is 0 Å². The molecule has 3 N–H and O–H groups in total. The van der Waals surface area contributed by atoms with E-state index >= 15 is 0 Å². The molecule has 5 nitrogen and oxygen atoms in total. The first kappa shape index (κ1) is 17.9. The molecule has 0 aliphatic carbocycles. The highest BCUT2D eigenvalue weighted by molar-refractivity contribution is 5.41. The van der Waals surface area contributed by atoms with Crippen molar-refractivity contribution in [1.29, 1.82) is 0 Å². The highest BCUT2D eigenvalue weighted by atomic mass is 16.6. The molecule has 3 rings (SSSR count). The lowest BCUT2D eigenvalue weighted by molar-refractivity contribution is -0.114. The molecule has 0 bridgehead atoms. The molecule has 1 fully saturated rings. The quantitative estimate of drug-likeness (QED) is 0.700. The molecule has 2 unspecified atom stereocenters. The Labute approximate surface area is 147 Å². The van der Waals surface area contributed by atoms with Gasteiger partial charge in [-0.15, -0.1) is 0 Å². The Morgan fingerprint density at radius 2 is 1.80 bits per heavy atom. The summed E-state index contributed by atoms with van der Waals surface area (Å²) in [5, 5.41) is 28.6. The van der Waals surface area contributed by atoms with Crippen molar-refractivity contribution in [3.05, 3.63) is 65.2 Å². The third-order valence-electron chi connectivity index (χ3n) is 4.47. The normalized spacial score (nSPS) is 23.4. The number of rotatable bonds is 6. The van der Waals surface area contributed by atoms with E-state index in [0.717, 1.165) is 17.5 Å². The molecule has 0 spiro atoms. The monoisotopic (exact) mass is 344 g/mol. The van der Waals surface area contributed by atoms with Gasteiger partial charge in [-0.25, -0.2) is 0 Å². The molecule has 1 heterocycles. The molecule has 0 saturated carbocycles. The molecule has 1 aliphatic heterocycles. The van der Waals surface area contributed by atoms with Gasteiger partial charge < -0.3 is 24.8 Å². The van der Waals surface area contributed by atoms with Crippen LogP contribution < -0.4 is 4.74 Å². The lowest BCUT2D eigenvalue weighted by Gasteiger charge is -2.33. The van der Waals surface area contributed by atoms with Gasteiger partial charge in [-0.05, 0) is 29.7 Å². The van der Waals surface area contributed by atoms with Gasteiger partial charge in [0.15, 0.2) is 6.79 Å². The third kappa shape index (κ3) is 4.58. The van der Waals surface area contributed by atoms with E-state index in [0.29, 0.717) is 18.6 Å². The van der Waals surface area contributed by atoms with E-state index in [1.807, 2.05) is 36.4 Å². The van der Waals surface area contributed by atoms with E-state index in [4.69, 9.17) is 14.6 Å². The predicted octanol–water partition coefficient (Wildman–Crippen LogP) is 2.18. The van der Waals surface area contributed by atoms with Crippen LogP contribution in [0, 0.1) is 0 Å². The zero-order chi connectivity index (χ0) is 17.6. The van der Waals surface area contributed by atoms with Crippen LogP contribution in [0.5, 0.6) is 5.75 Å². The molecule has 0 amide bonds. The minimum Gasteiger partial charge on any atom is -0.467 e. The maximum atomic E-state index is 10.1. The van der Waals surface area contributed by atoms with Gasteiger partial charge in [0.2, 0.25) is 0 Å². The second-order valence-electron chi connectivity index (χ2n) is 6.36. The van der Waals surface area contributed by atoms with Crippen molar-refractivity contribution in [2.75, 3.05) is 13.4 Å². The highest BCUT2D eigenvalue weighted by Gasteiger charge is 2.31. The predicted molar refractivity (Wildman–Crippen MR) is 93.3 cm³/mol. The zero-order valence-corrected chi connectivity index (χ0v) is 14.0. The van der Waals surface area contributed by atoms with Gasteiger partial charge in [-0.3, -0.25) is 0 Å². The molecule has 2 aromatic carbocycles. The summed E-state index contributed by atoms with van der Waals surface area (Å²) in [5.41, 5.74) is 3.08. The zero-order valence-electron chi connectivity index (χ0n) is 14.0. The first-order valence-corrected chi connectivity index (χ1v) is 8.54. The Bertz CT molecular complexity index is 673. The topological polar surface area (TPSA) is 79.2 Å². The lowest BCUT2D eigenvalue weighted by atomic mass is 9.93. The summed E-state index contributed by atoms with van der Waals surface area (Å²) in [5.74, 6) is 0.537. The molecule has 1 aliphatic rings. The summed E-state index contributed by atoms with van der Waals surface area (Å²) in [4.78, 5) is 0. The van der Waals surface area contributed by atoms with Crippen LogP contribution in [0.4, 0.5) is 0 Å². The molecule has 134 valence electrons. The summed E-state index contributed by atoms with van der Waals surface area (Å²) < 4.78 is 11.2. The van der Waals surface area contributed by atoms with Crippen molar-refractivity contribution >= 4 is 0 Å². The van der Waals surface area contributed by atoms with E-state index in [2.05, 4.69) is 12.1 Å². The number of hydrogen-bond acceptors (Lipinski definition) is 5. The van der Waals surface area contributed by atoms with Crippen LogP contribution in [0.3, 0.4) is 0 Å². The Kier molecular flexibility index (Phi) is 6.04. The maximum absolute atomic E-state index is 10.1. The van der Waals surface area contributed by atoms with E-state index in [1.54, 1.807) is 0 Å². The Balaban J connectivity index is 1.88. The average Bonchev–Trinajstić information content (AvgIpc) is 2.63. The number of hydrogen-bond donors (Lipinski definition) is 3. The van der Waals surface area contributed by atoms with E-state index in [1.165, 1.54) is 5.56 Å². The van der Waals surface area contributed by atoms with Crippen molar-refractivity contribution in [3.63, 3.8) is 0 Å². The Morgan fingerprint density at radius 3 is 2.52 bits per heavy atom. The van der Waals surface area contributed by atoms with E-state index < -0.39 is 19.0 Å². The van der Waals surface area contributed by atoms with Gasteiger partial charge in [0.1, 0.15) is 5.75 Å². The second-order valence-corrected chi connectivity index (χ2v) is 6.36. The van der Waals surface area contributed by atoms with Gasteiger partial charge in [-0.1, -0.05) is 36.4 Å². The molecule has 3 atom stereocenters. The fraction of sp³-hybridized carbons (Fsp3) is 0.400. The van der Waals surface area contributed by atoms with Crippen LogP contribution in [0.1, 0.15) is 35.6 Å². The second kappa shape index (κ2) is 8.45. The van der Waals surface area contributed by atoms with Gasteiger partial charge in [0.05, 0.1) is 24.9 Å². The molecule has 5 heteroatoms. The van der Waals surface area contributed by atoms with E-state index in [-0.39, 0.29) is 12.7 Å². The summed E-state index contributed by atoms with van der Waals surface area (Å²) in [6.07, 6.45) is 0.327. The molecule has 1 saturated heterocycles. The Hall–Kier alpha value is -1.92. The van der Waals surface area contributed by atoms with Crippen LogP contribution in [0.2, 0.25) is 0 Å². The number of aliphatic hydroxyl groups is 3. The van der Waals surface area contributed by atoms with Gasteiger partial charge in [0.25, 0.3) is 0 Å². The van der Waals surface area contributed by atoms with Crippen molar-refractivity contribution in [2.45, 2.75) is 37.6 Å². The summed E-state index contributed by atoms with van der Waals surface area (Å²) >= 11 is 0. The van der Waals surface area contributed by atoms with Gasteiger partial charge in [0, 0.05) is 18.4 Å². The molecule has 0 radical (unpaired) electrons. The van der Waals surface area contributed by atoms with Crippen molar-refractivity contribution < 1.29 is 24.8 Å². The number of aliphatic hydroxyl groups excluding tert-OH is 3. The van der Waals surface area contributed by atoms with Crippen molar-refractivity contribution in [3.8, 4) is 5.75 Å². The lowest BCUT2D eigenvalue weighted by Crippen LogP contribution is -2.33. The number of ether oxygens (including phenoxy) is 2. The van der Waals surface area contributed by atoms with Crippen LogP contribution in [0.15, 0.2) is 48.5 Å². The van der Waals surface area contributed by atoms with Crippen LogP contribution in [0.25, 0.3) is 0 Å². The largest absolute Gasteiger partial charge is 0.467 e. The van der Waals surface area contributed by atoms with Crippen LogP contribution >= 0.6 is 0 Å². The standard InChI is InChI=1S/C20H24O5/c21-12-17-10-16(23)11-20(25-17)18-9-15(6-7-19(18)24-13-22)8-14-4-2-1-3-5-14/h1-7,9,16-17,20-23H,8,10-13H2/t16?,17-,20?/m0/s1. The fourth-order valence-electron chi connectivity index (χ4n) is 3.30. The van der Waals surface area contributed by atoms with Crippen LogP contribution in [-0.2, 0) is 11.2 Å². The van der Waals surface area contributed by atoms with Crippen molar-refractivity contribution in [1.82, 2.24) is 0 Å². The average molecular weight is 344 g/mol. The summed E-state index contributed by atoms with van der Waals surface area (Å²) in [6.45, 7) is -0.558. The summed E-state index contributed by atoms with van der Waals surface area (Å²) in [7, 11) is 0. The first-order chi connectivity index (χ1) is 12.2. The minimum absolute atomic E-state index is 0.131. The molecule has 25 heavy (non-hydrogen) atoms. The molecular weight excluding hydrogens is 320 g/mol. The smallest absolute Gasteiger partial charge is 0.186 e. The molecule has 0 aromatic heterocycles. The highest BCUT2D eigenvalue weighted by Crippen LogP contribution is 2.37.